The molecule has 0 saturated heterocycles. The van der Waals surface area contributed by atoms with Crippen LogP contribution in [0.5, 0.6) is 0 Å². The van der Waals surface area contributed by atoms with E-state index >= 15 is 0 Å². The Morgan fingerprint density at radius 3 is 1.80 bits per heavy atom. The lowest BCUT2D eigenvalue weighted by atomic mass is 10.4. The monoisotopic (exact) mass is 165 g/mol. The number of carboxylic acid groups (broad SMARTS) is 1. The molecule has 10 heavy (non-hydrogen) atoms. The molecule has 0 rings (SSSR count). The average Bonchev–Trinajstić information content (AvgIpc) is 1.62. The van der Waals surface area contributed by atoms with Gasteiger partial charge in [-0.15, -0.1) is 0 Å². The molecule has 0 unspecified atom stereocenters. The fourth-order valence-electron chi connectivity index (χ4n) is 0.204. The van der Waals surface area contributed by atoms with Gasteiger partial charge in [-0.2, -0.15) is 0 Å². The van der Waals surface area contributed by atoms with Crippen LogP contribution >= 0.6 is 0 Å². The van der Waals surface area contributed by atoms with Gasteiger partial charge in [-0.1, -0.05) is 13.3 Å². The summed E-state index contributed by atoms with van der Waals surface area (Å²) in [6.07, 6.45) is 4.13. The zero-order valence-electron chi connectivity index (χ0n) is 6.55. The predicted octanol–water partition coefficient (Wildman–Crippen LogP) is -0.469. The number of hydrogen-bond acceptors (Lipinski definition) is 3. The molecule has 0 heterocycles. The molecule has 0 aliphatic rings. The molecule has 0 atom stereocenters. The van der Waals surface area contributed by atoms with E-state index in [0.717, 1.165) is 0 Å². The van der Waals surface area contributed by atoms with Crippen molar-refractivity contribution >= 4 is 16.8 Å². The molecule has 0 bridgehead atoms. The van der Waals surface area contributed by atoms with Crippen LogP contribution in [0.3, 0.4) is 0 Å². The molecule has 0 amide bonds. The van der Waals surface area contributed by atoms with Gasteiger partial charge in [0.15, 0.2) is 0 Å². The van der Waals surface area contributed by atoms with Crippen LogP contribution in [0, 0.1) is 0 Å². The second-order valence-corrected chi connectivity index (χ2v) is 3.35. The van der Waals surface area contributed by atoms with Crippen molar-refractivity contribution < 1.29 is 14.1 Å². The molecule has 0 fully saturated rings. The standard InChI is InChI=1S/C4H8O2.C2H6OS/c1-2-3-4(5)6;1-4(2)3/h2-3H2,1H3,(H,5,6);1-2H3/p-1. The van der Waals surface area contributed by atoms with Gasteiger partial charge in [-0.05, 0) is 6.42 Å². The first-order valence-corrected chi connectivity index (χ1v) is 4.92. The first kappa shape index (κ1) is 12.3. The smallest absolute Gasteiger partial charge is 0.0414 e. The summed E-state index contributed by atoms with van der Waals surface area (Å²) < 4.78 is 9.56. The molecule has 62 valence electrons. The molecule has 0 saturated carbocycles. The van der Waals surface area contributed by atoms with Gasteiger partial charge in [0.2, 0.25) is 0 Å². The van der Waals surface area contributed by atoms with Crippen LogP contribution in [-0.2, 0) is 15.6 Å². The normalized spacial score (nSPS) is 8.40. The van der Waals surface area contributed by atoms with Gasteiger partial charge in [0.1, 0.15) is 0 Å². The molecule has 0 radical (unpaired) electrons. The molecule has 4 heteroatoms. The average molecular weight is 165 g/mol. The van der Waals surface area contributed by atoms with Crippen molar-refractivity contribution in [3.63, 3.8) is 0 Å². The number of carbonyl (C=O) groups excluding carboxylic acids is 1. The van der Waals surface area contributed by atoms with E-state index in [9.17, 15) is 14.1 Å². The third kappa shape index (κ3) is 48.6. The largest absolute Gasteiger partial charge is 0.550 e. The minimum atomic E-state index is -0.961. The van der Waals surface area contributed by atoms with Gasteiger partial charge in [0.05, 0.1) is 0 Å². The summed E-state index contributed by atoms with van der Waals surface area (Å²) in [7, 11) is -0.611. The molecule has 0 aliphatic carbocycles. The number of carboxylic acids is 1. The maximum Gasteiger partial charge on any atom is 0.0414 e. The quantitative estimate of drug-likeness (QED) is 0.556. The summed E-state index contributed by atoms with van der Waals surface area (Å²) >= 11 is 0. The second-order valence-electron chi connectivity index (χ2n) is 1.86. The van der Waals surface area contributed by atoms with Crippen LogP contribution in [0.15, 0.2) is 0 Å². The van der Waals surface area contributed by atoms with E-state index in [0.29, 0.717) is 6.42 Å². The van der Waals surface area contributed by atoms with Gasteiger partial charge in [-0.25, -0.2) is 0 Å². The van der Waals surface area contributed by atoms with Gasteiger partial charge in [-0.3, -0.25) is 4.21 Å². The SMILES string of the molecule is CCCC(=O)[O-].CS(C)=O. The Labute approximate surface area is 63.9 Å². The molecule has 0 spiro atoms. The van der Waals surface area contributed by atoms with E-state index < -0.39 is 16.8 Å². The fraction of sp³-hybridized carbons (Fsp3) is 0.833. The summed E-state index contributed by atoms with van der Waals surface area (Å²) in [6, 6.07) is 0. The van der Waals surface area contributed by atoms with Crippen LogP contribution < -0.4 is 5.11 Å². The maximum atomic E-state index is 9.56. The Balaban J connectivity index is 0. The fourth-order valence-corrected chi connectivity index (χ4v) is 0.204. The Bertz CT molecular complexity index is 108. The van der Waals surface area contributed by atoms with Crippen LogP contribution in [-0.4, -0.2) is 22.7 Å². The van der Waals surface area contributed by atoms with Crippen molar-refractivity contribution in [3.05, 3.63) is 0 Å². The number of rotatable bonds is 2. The van der Waals surface area contributed by atoms with Crippen LogP contribution in [0.2, 0.25) is 0 Å². The first-order valence-electron chi connectivity index (χ1n) is 2.95. The van der Waals surface area contributed by atoms with Gasteiger partial charge in [0.25, 0.3) is 0 Å². The summed E-state index contributed by atoms with van der Waals surface area (Å²) in [5.74, 6) is -0.961. The topological polar surface area (TPSA) is 57.2 Å². The highest BCUT2D eigenvalue weighted by Crippen LogP contribution is 1.79. The van der Waals surface area contributed by atoms with Crippen molar-refractivity contribution in [1.82, 2.24) is 0 Å². The van der Waals surface area contributed by atoms with Gasteiger partial charge >= 0.3 is 0 Å². The van der Waals surface area contributed by atoms with E-state index in [1.807, 2.05) is 0 Å². The summed E-state index contributed by atoms with van der Waals surface area (Å²) in [5, 5.41) is 9.49. The minimum absolute atomic E-state index is 0.181. The number of hydrogen-bond donors (Lipinski definition) is 0. The minimum Gasteiger partial charge on any atom is -0.550 e. The lowest BCUT2D eigenvalue weighted by Crippen LogP contribution is -2.20. The summed E-state index contributed by atoms with van der Waals surface area (Å²) in [4.78, 5) is 9.49. The van der Waals surface area contributed by atoms with Crippen molar-refractivity contribution in [3.8, 4) is 0 Å². The van der Waals surface area contributed by atoms with Crippen LogP contribution in [0.1, 0.15) is 19.8 Å². The molecule has 0 aromatic rings. The van der Waals surface area contributed by atoms with Gasteiger partial charge < -0.3 is 9.90 Å². The molecule has 0 aromatic carbocycles. The molecular formula is C6H13O3S-. The molecular weight excluding hydrogens is 152 g/mol. The molecule has 0 N–H and O–H groups in total. The van der Waals surface area contributed by atoms with Crippen LogP contribution in [0.4, 0.5) is 0 Å². The first-order chi connectivity index (χ1) is 4.50. The summed E-state index contributed by atoms with van der Waals surface area (Å²) in [6.45, 7) is 1.80. The van der Waals surface area contributed by atoms with E-state index in [1.165, 1.54) is 0 Å². The Morgan fingerprint density at radius 2 is 1.80 bits per heavy atom. The zero-order chi connectivity index (χ0) is 8.57. The van der Waals surface area contributed by atoms with Crippen molar-refractivity contribution in [2.24, 2.45) is 0 Å². The Hall–Kier alpha value is -0.380. The number of carbonyl (C=O) groups is 1. The highest BCUT2D eigenvalue weighted by Gasteiger charge is 1.75. The third-order valence-corrected chi connectivity index (χ3v) is 0.454. The summed E-state index contributed by atoms with van der Waals surface area (Å²) in [5.41, 5.74) is 0. The Kier molecular flexibility index (Phi) is 10.6. The zero-order valence-corrected chi connectivity index (χ0v) is 7.36. The van der Waals surface area contributed by atoms with E-state index in [1.54, 1.807) is 19.4 Å². The molecule has 3 nitrogen and oxygen atoms in total. The van der Waals surface area contributed by atoms with Crippen LogP contribution in [0.25, 0.3) is 0 Å². The second kappa shape index (κ2) is 8.62. The van der Waals surface area contributed by atoms with Crippen molar-refractivity contribution in [2.45, 2.75) is 19.8 Å². The highest BCUT2D eigenvalue weighted by atomic mass is 32.2. The number of aliphatic carboxylic acids is 1. The van der Waals surface area contributed by atoms with Crippen molar-refractivity contribution in [2.75, 3.05) is 12.5 Å². The van der Waals surface area contributed by atoms with E-state index in [4.69, 9.17) is 0 Å². The Morgan fingerprint density at radius 1 is 1.50 bits per heavy atom. The van der Waals surface area contributed by atoms with E-state index in [2.05, 4.69) is 0 Å². The maximum absolute atomic E-state index is 9.56. The van der Waals surface area contributed by atoms with E-state index in [-0.39, 0.29) is 6.42 Å². The molecule has 0 aliphatic heterocycles. The lowest BCUT2D eigenvalue weighted by Gasteiger charge is -1.92. The lowest BCUT2D eigenvalue weighted by molar-refractivity contribution is -0.305. The predicted molar refractivity (Wildman–Crippen MR) is 39.9 cm³/mol. The highest BCUT2D eigenvalue weighted by molar-refractivity contribution is 7.83. The molecule has 0 aromatic heterocycles. The van der Waals surface area contributed by atoms with Gasteiger partial charge in [0, 0.05) is 29.3 Å². The van der Waals surface area contributed by atoms with Crippen molar-refractivity contribution in [1.29, 1.82) is 0 Å². The third-order valence-electron chi connectivity index (χ3n) is 0.454.